The summed E-state index contributed by atoms with van der Waals surface area (Å²) in [7, 11) is 0. The van der Waals surface area contributed by atoms with Gasteiger partial charge in [-0.05, 0) is 19.3 Å². The van der Waals surface area contributed by atoms with Crippen molar-refractivity contribution < 1.29 is 14.3 Å². The number of carbonyl (C=O) groups excluding carboxylic acids is 1. The summed E-state index contributed by atoms with van der Waals surface area (Å²) < 4.78 is 10.7. The summed E-state index contributed by atoms with van der Waals surface area (Å²) in [6, 6.07) is 0. The van der Waals surface area contributed by atoms with E-state index < -0.39 is 0 Å². The SMILES string of the molecule is NNC(=O)CCCCOCC1CCOC1. The van der Waals surface area contributed by atoms with Crippen LogP contribution in [0.15, 0.2) is 0 Å². The summed E-state index contributed by atoms with van der Waals surface area (Å²) in [4.78, 5) is 10.8. The van der Waals surface area contributed by atoms with Crippen LogP contribution in [0, 0.1) is 5.92 Å². The molecule has 1 fully saturated rings. The molecule has 0 saturated carbocycles. The molecule has 0 aromatic rings. The van der Waals surface area contributed by atoms with E-state index in [0.717, 1.165) is 39.1 Å². The summed E-state index contributed by atoms with van der Waals surface area (Å²) in [6.45, 7) is 3.19. The lowest BCUT2D eigenvalue weighted by atomic mass is 10.1. The van der Waals surface area contributed by atoms with Crippen molar-refractivity contribution in [3.05, 3.63) is 0 Å². The van der Waals surface area contributed by atoms with Crippen LogP contribution in [-0.4, -0.2) is 32.3 Å². The number of amides is 1. The van der Waals surface area contributed by atoms with Crippen LogP contribution in [0.4, 0.5) is 0 Å². The molecule has 1 aliphatic rings. The lowest BCUT2D eigenvalue weighted by Crippen LogP contribution is -2.29. The highest BCUT2D eigenvalue weighted by Crippen LogP contribution is 2.12. The molecule has 5 nitrogen and oxygen atoms in total. The third-order valence-electron chi connectivity index (χ3n) is 2.48. The van der Waals surface area contributed by atoms with Crippen molar-refractivity contribution in [2.75, 3.05) is 26.4 Å². The second-order valence-electron chi connectivity index (χ2n) is 3.83. The maximum absolute atomic E-state index is 10.8. The Morgan fingerprint density at radius 2 is 2.40 bits per heavy atom. The Balaban J connectivity index is 1.82. The van der Waals surface area contributed by atoms with Crippen molar-refractivity contribution in [2.24, 2.45) is 11.8 Å². The van der Waals surface area contributed by atoms with Gasteiger partial charge in [0.15, 0.2) is 0 Å². The molecule has 0 aliphatic carbocycles. The fraction of sp³-hybridized carbons (Fsp3) is 0.900. The Bertz CT molecular complexity index is 182. The zero-order chi connectivity index (χ0) is 10.9. The van der Waals surface area contributed by atoms with Crippen LogP contribution in [0.3, 0.4) is 0 Å². The molecule has 1 amide bonds. The molecule has 1 aliphatic heterocycles. The molecular formula is C10H20N2O3. The topological polar surface area (TPSA) is 73.6 Å². The number of hydrazine groups is 1. The van der Waals surface area contributed by atoms with Crippen molar-refractivity contribution in [3.8, 4) is 0 Å². The van der Waals surface area contributed by atoms with Crippen LogP contribution < -0.4 is 11.3 Å². The molecule has 5 heteroatoms. The molecule has 1 saturated heterocycles. The fourth-order valence-corrected chi connectivity index (χ4v) is 1.53. The highest BCUT2D eigenvalue weighted by Gasteiger charge is 2.15. The molecule has 0 bridgehead atoms. The Hall–Kier alpha value is -0.650. The van der Waals surface area contributed by atoms with Crippen LogP contribution in [0.25, 0.3) is 0 Å². The van der Waals surface area contributed by atoms with Gasteiger partial charge in [0.05, 0.1) is 13.2 Å². The van der Waals surface area contributed by atoms with E-state index in [-0.39, 0.29) is 5.91 Å². The van der Waals surface area contributed by atoms with Gasteiger partial charge in [-0.2, -0.15) is 0 Å². The zero-order valence-electron chi connectivity index (χ0n) is 9.04. The van der Waals surface area contributed by atoms with Crippen LogP contribution in [0.5, 0.6) is 0 Å². The van der Waals surface area contributed by atoms with E-state index in [2.05, 4.69) is 5.43 Å². The first kappa shape index (κ1) is 12.4. The van der Waals surface area contributed by atoms with Gasteiger partial charge in [0, 0.05) is 25.6 Å². The summed E-state index contributed by atoms with van der Waals surface area (Å²) in [5.74, 6) is 5.41. The predicted molar refractivity (Wildman–Crippen MR) is 55.9 cm³/mol. The summed E-state index contributed by atoms with van der Waals surface area (Å²) in [5, 5.41) is 0. The molecule has 3 N–H and O–H groups in total. The normalized spacial score (nSPS) is 20.5. The predicted octanol–water partition coefficient (Wildman–Crippen LogP) is 0.200. The van der Waals surface area contributed by atoms with Crippen LogP contribution in [0.2, 0.25) is 0 Å². The number of hydrogen-bond donors (Lipinski definition) is 2. The molecule has 1 atom stereocenters. The number of unbranched alkanes of at least 4 members (excludes halogenated alkanes) is 1. The lowest BCUT2D eigenvalue weighted by molar-refractivity contribution is -0.121. The van der Waals surface area contributed by atoms with Crippen molar-refractivity contribution in [1.82, 2.24) is 5.43 Å². The van der Waals surface area contributed by atoms with Gasteiger partial charge in [-0.25, -0.2) is 5.84 Å². The van der Waals surface area contributed by atoms with Gasteiger partial charge in [-0.1, -0.05) is 0 Å². The zero-order valence-corrected chi connectivity index (χ0v) is 9.04. The lowest BCUT2D eigenvalue weighted by Gasteiger charge is -2.08. The Labute approximate surface area is 90.3 Å². The van der Waals surface area contributed by atoms with Gasteiger partial charge in [-0.15, -0.1) is 0 Å². The second kappa shape index (κ2) is 7.62. The number of rotatable bonds is 7. The number of hydrogen-bond acceptors (Lipinski definition) is 4. The average molecular weight is 216 g/mol. The quantitative estimate of drug-likeness (QED) is 0.276. The molecule has 1 unspecified atom stereocenters. The van der Waals surface area contributed by atoms with Crippen molar-refractivity contribution in [3.63, 3.8) is 0 Å². The minimum atomic E-state index is -0.112. The Morgan fingerprint density at radius 3 is 3.07 bits per heavy atom. The van der Waals surface area contributed by atoms with Gasteiger partial charge in [-0.3, -0.25) is 10.2 Å². The van der Waals surface area contributed by atoms with Crippen molar-refractivity contribution in [1.29, 1.82) is 0 Å². The fourth-order valence-electron chi connectivity index (χ4n) is 1.53. The number of nitrogens with two attached hydrogens (primary N) is 1. The van der Waals surface area contributed by atoms with Gasteiger partial charge in [0.2, 0.25) is 5.91 Å². The van der Waals surface area contributed by atoms with E-state index in [0.29, 0.717) is 18.9 Å². The number of carbonyl (C=O) groups is 1. The summed E-state index contributed by atoms with van der Waals surface area (Å²) in [6.07, 6.45) is 3.31. The standard InChI is InChI=1S/C10H20N2O3/c11-12-10(13)3-1-2-5-14-7-9-4-6-15-8-9/h9H,1-8,11H2,(H,12,13). The Kier molecular flexibility index (Phi) is 6.31. The maximum Gasteiger partial charge on any atom is 0.233 e. The minimum absolute atomic E-state index is 0.112. The van der Waals surface area contributed by atoms with Gasteiger partial charge in [0.1, 0.15) is 0 Å². The third-order valence-corrected chi connectivity index (χ3v) is 2.48. The summed E-state index contributed by atoms with van der Waals surface area (Å²) in [5.41, 5.74) is 2.10. The Morgan fingerprint density at radius 1 is 1.53 bits per heavy atom. The smallest absolute Gasteiger partial charge is 0.233 e. The van der Waals surface area contributed by atoms with Crippen LogP contribution in [0.1, 0.15) is 25.7 Å². The molecule has 88 valence electrons. The molecule has 1 heterocycles. The van der Waals surface area contributed by atoms with E-state index in [4.69, 9.17) is 15.3 Å². The number of nitrogens with one attached hydrogen (secondary N) is 1. The molecule has 1 rings (SSSR count). The van der Waals surface area contributed by atoms with Crippen molar-refractivity contribution >= 4 is 5.91 Å². The highest BCUT2D eigenvalue weighted by atomic mass is 16.5. The van der Waals surface area contributed by atoms with Crippen molar-refractivity contribution in [2.45, 2.75) is 25.7 Å². The maximum atomic E-state index is 10.8. The van der Waals surface area contributed by atoms with E-state index in [1.54, 1.807) is 0 Å². The minimum Gasteiger partial charge on any atom is -0.381 e. The second-order valence-corrected chi connectivity index (χ2v) is 3.83. The molecular weight excluding hydrogens is 196 g/mol. The van der Waals surface area contributed by atoms with Crippen LogP contribution in [-0.2, 0) is 14.3 Å². The van der Waals surface area contributed by atoms with E-state index >= 15 is 0 Å². The van der Waals surface area contributed by atoms with E-state index in [1.165, 1.54) is 0 Å². The monoisotopic (exact) mass is 216 g/mol. The number of ether oxygens (including phenoxy) is 2. The van der Waals surface area contributed by atoms with E-state index in [1.807, 2.05) is 0 Å². The molecule has 15 heavy (non-hydrogen) atoms. The first-order valence-corrected chi connectivity index (χ1v) is 5.48. The summed E-state index contributed by atoms with van der Waals surface area (Å²) >= 11 is 0. The van der Waals surface area contributed by atoms with Gasteiger partial charge in [0.25, 0.3) is 0 Å². The third kappa shape index (κ3) is 5.71. The average Bonchev–Trinajstić information content (AvgIpc) is 2.75. The first-order chi connectivity index (χ1) is 7.33. The van der Waals surface area contributed by atoms with E-state index in [9.17, 15) is 4.79 Å². The van der Waals surface area contributed by atoms with Gasteiger partial charge < -0.3 is 9.47 Å². The highest BCUT2D eigenvalue weighted by molar-refractivity contribution is 5.74. The largest absolute Gasteiger partial charge is 0.381 e. The molecule has 0 aromatic carbocycles. The molecule has 0 radical (unpaired) electrons. The van der Waals surface area contributed by atoms with Crippen LogP contribution >= 0.6 is 0 Å². The first-order valence-electron chi connectivity index (χ1n) is 5.48. The molecule has 0 spiro atoms. The van der Waals surface area contributed by atoms with Gasteiger partial charge >= 0.3 is 0 Å². The molecule has 0 aromatic heterocycles.